The molecule has 5 rings (SSSR count). The van der Waals surface area contributed by atoms with Crippen LogP contribution in [0.1, 0.15) is 80.8 Å². The summed E-state index contributed by atoms with van der Waals surface area (Å²) in [5.41, 5.74) is 4.08. The fourth-order valence-corrected chi connectivity index (χ4v) is 5.46. The third-order valence-electron chi connectivity index (χ3n) is 7.50. The molecule has 8 heteroatoms. The van der Waals surface area contributed by atoms with Gasteiger partial charge in [0.25, 0.3) is 0 Å². The van der Waals surface area contributed by atoms with Gasteiger partial charge in [0.1, 0.15) is 17.4 Å². The Balaban J connectivity index is 1.47. The number of nitrogens with zero attached hydrogens (tertiary/aromatic N) is 5. The van der Waals surface area contributed by atoms with E-state index in [1.54, 1.807) is 11.8 Å². The molecule has 0 unspecified atom stereocenters. The predicted molar refractivity (Wildman–Crippen MR) is 140 cm³/mol. The van der Waals surface area contributed by atoms with Gasteiger partial charge in [-0.2, -0.15) is 0 Å². The molecule has 1 aromatic carbocycles. The smallest absolute Gasteiger partial charge is 0.219 e. The Morgan fingerprint density at radius 2 is 1.84 bits per heavy atom. The van der Waals surface area contributed by atoms with Crippen LogP contribution in [0.5, 0.6) is 0 Å². The minimum Gasteiger partial charge on any atom is -0.361 e. The molecule has 2 aromatic heterocycles. The molecule has 37 heavy (non-hydrogen) atoms. The predicted octanol–water partition coefficient (Wildman–Crippen LogP) is 4.85. The van der Waals surface area contributed by atoms with E-state index >= 15 is 0 Å². The van der Waals surface area contributed by atoms with E-state index in [-0.39, 0.29) is 35.0 Å². The maximum atomic E-state index is 13.7. The second-order valence-electron chi connectivity index (χ2n) is 12.1. The number of benzene rings is 1. The van der Waals surface area contributed by atoms with Gasteiger partial charge in [-0.15, -0.1) is 10.2 Å². The van der Waals surface area contributed by atoms with Gasteiger partial charge in [-0.05, 0) is 43.2 Å². The van der Waals surface area contributed by atoms with Gasteiger partial charge >= 0.3 is 0 Å². The summed E-state index contributed by atoms with van der Waals surface area (Å²) in [4.78, 5) is 27.8. The van der Waals surface area contributed by atoms with Crippen molar-refractivity contribution in [1.82, 2.24) is 24.8 Å². The molecule has 2 atom stereocenters. The second-order valence-corrected chi connectivity index (χ2v) is 12.1. The SMILES string of the molecule is CC(=O)N1C[C@H](C(=O)Cc2ccc(C)cc2C)[C@@H](c2nnc(-c3cc(CC(C)(C)C)on3)n2C2CC2)C1. The highest BCUT2D eigenvalue weighted by Gasteiger charge is 2.44. The monoisotopic (exact) mass is 503 g/mol. The highest BCUT2D eigenvalue weighted by atomic mass is 16.5. The van der Waals surface area contributed by atoms with Crippen LogP contribution in [0.2, 0.25) is 0 Å². The summed E-state index contributed by atoms with van der Waals surface area (Å²) in [5.74, 6) is 1.87. The molecule has 0 N–H and O–H groups in total. The molecule has 196 valence electrons. The molecule has 3 aromatic rings. The first-order chi connectivity index (χ1) is 17.5. The summed E-state index contributed by atoms with van der Waals surface area (Å²) in [6, 6.07) is 8.44. The van der Waals surface area contributed by atoms with Gasteiger partial charge in [0.15, 0.2) is 11.5 Å². The highest BCUT2D eigenvalue weighted by Crippen LogP contribution is 2.43. The van der Waals surface area contributed by atoms with Crippen molar-refractivity contribution in [2.45, 2.75) is 79.2 Å². The number of Topliss-reactive ketones (excluding diaryl/α,β-unsaturated/α-hetero) is 1. The molecule has 2 fully saturated rings. The van der Waals surface area contributed by atoms with E-state index in [4.69, 9.17) is 4.52 Å². The zero-order valence-corrected chi connectivity index (χ0v) is 22.7. The van der Waals surface area contributed by atoms with Crippen molar-refractivity contribution in [1.29, 1.82) is 0 Å². The molecule has 0 radical (unpaired) electrons. The van der Waals surface area contributed by atoms with Gasteiger partial charge in [0.2, 0.25) is 5.91 Å². The normalized spacial score (nSPS) is 20.0. The molecule has 1 saturated heterocycles. The molecule has 1 aliphatic heterocycles. The van der Waals surface area contributed by atoms with E-state index in [9.17, 15) is 9.59 Å². The molecule has 0 bridgehead atoms. The van der Waals surface area contributed by atoms with Crippen LogP contribution in [0.25, 0.3) is 11.5 Å². The molecule has 1 saturated carbocycles. The summed E-state index contributed by atoms with van der Waals surface area (Å²) in [6.07, 6.45) is 3.20. The van der Waals surface area contributed by atoms with Crippen molar-refractivity contribution in [3.8, 4) is 11.5 Å². The average Bonchev–Trinajstić information content (AvgIpc) is 3.19. The first-order valence-electron chi connectivity index (χ1n) is 13.3. The zero-order valence-electron chi connectivity index (χ0n) is 22.7. The van der Waals surface area contributed by atoms with E-state index in [0.29, 0.717) is 31.0 Å². The quantitative estimate of drug-likeness (QED) is 0.458. The Kier molecular flexibility index (Phi) is 6.54. The van der Waals surface area contributed by atoms with E-state index in [2.05, 4.69) is 53.7 Å². The van der Waals surface area contributed by atoms with Gasteiger partial charge < -0.3 is 14.0 Å². The number of aryl methyl sites for hydroxylation is 2. The van der Waals surface area contributed by atoms with Crippen molar-refractivity contribution in [3.05, 3.63) is 52.5 Å². The molecule has 1 aliphatic carbocycles. The molecule has 2 aliphatic rings. The summed E-state index contributed by atoms with van der Waals surface area (Å²) >= 11 is 0. The Hall–Kier alpha value is -3.29. The molecule has 0 spiro atoms. The summed E-state index contributed by atoms with van der Waals surface area (Å²) < 4.78 is 7.80. The number of ketones is 1. The molecule has 8 nitrogen and oxygen atoms in total. The van der Waals surface area contributed by atoms with E-state index < -0.39 is 0 Å². The van der Waals surface area contributed by atoms with E-state index in [1.165, 1.54) is 5.56 Å². The maximum absolute atomic E-state index is 13.7. The van der Waals surface area contributed by atoms with Gasteiger partial charge in [0.05, 0.1) is 0 Å². The van der Waals surface area contributed by atoms with E-state index in [1.807, 2.05) is 25.1 Å². The van der Waals surface area contributed by atoms with Gasteiger partial charge in [-0.25, -0.2) is 0 Å². The lowest BCUT2D eigenvalue weighted by Gasteiger charge is -2.18. The number of amides is 1. The van der Waals surface area contributed by atoms with Crippen LogP contribution in [0, 0.1) is 25.2 Å². The van der Waals surface area contributed by atoms with E-state index in [0.717, 1.165) is 42.0 Å². The lowest BCUT2D eigenvalue weighted by molar-refractivity contribution is -0.128. The average molecular weight is 504 g/mol. The van der Waals surface area contributed by atoms with Crippen LogP contribution in [-0.4, -0.2) is 49.6 Å². The van der Waals surface area contributed by atoms with Crippen LogP contribution in [0.15, 0.2) is 28.8 Å². The number of rotatable bonds is 7. The van der Waals surface area contributed by atoms with Crippen LogP contribution < -0.4 is 0 Å². The van der Waals surface area contributed by atoms with Crippen LogP contribution >= 0.6 is 0 Å². The minimum atomic E-state index is -0.326. The summed E-state index contributed by atoms with van der Waals surface area (Å²) in [7, 11) is 0. The fourth-order valence-electron chi connectivity index (χ4n) is 5.46. The van der Waals surface area contributed by atoms with Gasteiger partial charge in [-0.1, -0.05) is 49.7 Å². The molecular weight excluding hydrogens is 466 g/mol. The van der Waals surface area contributed by atoms with Crippen molar-refractivity contribution >= 4 is 11.7 Å². The number of aromatic nitrogens is 4. The fraction of sp³-hybridized carbons (Fsp3) is 0.552. The standard InChI is InChI=1S/C29H37N5O3/c1-17-7-8-20(18(2)11-17)12-26(36)23-15-33(19(3)35)16-24(23)27-30-31-28(34(27)21-9-10-21)25-13-22(37-32-25)14-29(4,5)6/h7-8,11,13,21,23-24H,9-10,12,14-16H2,1-6H3/t23-,24-/m0/s1. The number of carbonyl (C=O) groups is 2. The second kappa shape index (κ2) is 9.54. The van der Waals surface area contributed by atoms with Gasteiger partial charge in [0, 0.05) is 56.8 Å². The lowest BCUT2D eigenvalue weighted by atomic mass is 9.87. The van der Waals surface area contributed by atoms with Gasteiger partial charge in [-0.3, -0.25) is 9.59 Å². The number of likely N-dealkylation sites (tertiary alicyclic amines) is 1. The van der Waals surface area contributed by atoms with Crippen molar-refractivity contribution in [2.24, 2.45) is 11.3 Å². The third kappa shape index (κ3) is 5.38. The molecular formula is C29H37N5O3. The van der Waals surface area contributed by atoms with Crippen molar-refractivity contribution in [3.63, 3.8) is 0 Å². The largest absolute Gasteiger partial charge is 0.361 e. The maximum Gasteiger partial charge on any atom is 0.219 e. The topological polar surface area (TPSA) is 94.1 Å². The first kappa shape index (κ1) is 25.4. The number of hydrogen-bond acceptors (Lipinski definition) is 6. The number of carbonyl (C=O) groups excluding carboxylic acids is 2. The van der Waals surface area contributed by atoms with Crippen LogP contribution in [-0.2, 0) is 22.4 Å². The third-order valence-corrected chi connectivity index (χ3v) is 7.50. The molecule has 3 heterocycles. The zero-order chi connectivity index (χ0) is 26.5. The Bertz CT molecular complexity index is 1330. The highest BCUT2D eigenvalue weighted by molar-refractivity contribution is 5.86. The first-order valence-corrected chi connectivity index (χ1v) is 13.3. The molecule has 1 amide bonds. The minimum absolute atomic E-state index is 0.0205. The van der Waals surface area contributed by atoms with Crippen LogP contribution in [0.3, 0.4) is 0 Å². The van der Waals surface area contributed by atoms with Crippen molar-refractivity contribution in [2.75, 3.05) is 13.1 Å². The number of hydrogen-bond donors (Lipinski definition) is 0. The van der Waals surface area contributed by atoms with Crippen molar-refractivity contribution < 1.29 is 14.1 Å². The Labute approximate surface area is 218 Å². The summed E-state index contributed by atoms with van der Waals surface area (Å²) in [5, 5.41) is 13.5. The lowest BCUT2D eigenvalue weighted by Crippen LogP contribution is -2.28. The Morgan fingerprint density at radius 1 is 1.08 bits per heavy atom. The Morgan fingerprint density at radius 3 is 2.49 bits per heavy atom. The summed E-state index contributed by atoms with van der Waals surface area (Å²) in [6.45, 7) is 13.0. The van der Waals surface area contributed by atoms with Crippen LogP contribution in [0.4, 0.5) is 0 Å².